The number of benzene rings is 1. The maximum absolute atomic E-state index is 2.45. The molecular formula is C13H22ClN. The van der Waals surface area contributed by atoms with E-state index in [-0.39, 0.29) is 12.4 Å². The molecule has 1 rings (SSSR count). The Balaban J connectivity index is 0.00000196. The molecule has 1 aromatic rings. The van der Waals surface area contributed by atoms with E-state index in [1.807, 2.05) is 0 Å². The van der Waals surface area contributed by atoms with Gasteiger partial charge in [-0.25, -0.2) is 0 Å². The van der Waals surface area contributed by atoms with Crippen molar-refractivity contribution in [3.05, 3.63) is 35.4 Å². The molecule has 0 atom stereocenters. The van der Waals surface area contributed by atoms with Crippen LogP contribution in [0.5, 0.6) is 0 Å². The van der Waals surface area contributed by atoms with Crippen molar-refractivity contribution in [3.8, 4) is 0 Å². The van der Waals surface area contributed by atoms with E-state index in [0.29, 0.717) is 0 Å². The molecule has 0 fully saturated rings. The third kappa shape index (κ3) is 4.23. The minimum atomic E-state index is 0. The summed E-state index contributed by atoms with van der Waals surface area (Å²) in [5, 5.41) is 0. The van der Waals surface area contributed by atoms with Gasteiger partial charge in [0.25, 0.3) is 0 Å². The van der Waals surface area contributed by atoms with Gasteiger partial charge in [-0.3, -0.25) is 4.90 Å². The minimum Gasteiger partial charge on any atom is -0.300 e. The van der Waals surface area contributed by atoms with Crippen molar-refractivity contribution in [1.29, 1.82) is 0 Å². The van der Waals surface area contributed by atoms with Gasteiger partial charge in [-0.1, -0.05) is 45.0 Å². The molecule has 1 aromatic carbocycles. The first kappa shape index (κ1) is 14.5. The van der Waals surface area contributed by atoms with E-state index < -0.39 is 0 Å². The van der Waals surface area contributed by atoms with Gasteiger partial charge in [0.2, 0.25) is 0 Å². The molecule has 0 saturated heterocycles. The van der Waals surface area contributed by atoms with Crippen LogP contribution in [0, 0.1) is 0 Å². The van der Waals surface area contributed by atoms with Gasteiger partial charge in [0.05, 0.1) is 0 Å². The smallest absolute Gasteiger partial charge is 0.0236 e. The lowest BCUT2D eigenvalue weighted by molar-refractivity contribution is 0.295. The average molecular weight is 228 g/mol. The normalized spacial score (nSPS) is 10.1. The zero-order chi connectivity index (χ0) is 10.4. The summed E-state index contributed by atoms with van der Waals surface area (Å²) in [6.45, 7) is 10.0. The molecule has 0 saturated carbocycles. The molecule has 0 aliphatic carbocycles. The molecule has 0 aliphatic heterocycles. The molecule has 0 spiro atoms. The number of hydrogen-bond donors (Lipinski definition) is 0. The monoisotopic (exact) mass is 227 g/mol. The number of hydrogen-bond acceptors (Lipinski definition) is 1. The molecule has 0 aromatic heterocycles. The second-order valence-corrected chi connectivity index (χ2v) is 3.58. The van der Waals surface area contributed by atoms with Crippen molar-refractivity contribution in [2.75, 3.05) is 13.1 Å². The van der Waals surface area contributed by atoms with E-state index in [0.717, 1.165) is 26.1 Å². The molecule has 0 aliphatic rings. The Morgan fingerprint density at radius 3 is 1.93 bits per heavy atom. The molecule has 2 heteroatoms. The number of nitrogens with zero attached hydrogens (tertiary/aromatic N) is 1. The second-order valence-electron chi connectivity index (χ2n) is 3.58. The van der Waals surface area contributed by atoms with Crippen molar-refractivity contribution >= 4 is 12.4 Å². The quantitative estimate of drug-likeness (QED) is 0.744. The Morgan fingerprint density at radius 1 is 0.933 bits per heavy atom. The summed E-state index contributed by atoms with van der Waals surface area (Å²) in [4.78, 5) is 2.45. The first-order valence-electron chi connectivity index (χ1n) is 5.60. The van der Waals surface area contributed by atoms with Crippen LogP contribution >= 0.6 is 12.4 Å². The highest BCUT2D eigenvalue weighted by atomic mass is 35.5. The van der Waals surface area contributed by atoms with Gasteiger partial charge >= 0.3 is 0 Å². The molecule has 0 amide bonds. The average Bonchev–Trinajstić information content (AvgIpc) is 2.26. The predicted octanol–water partition coefficient (Wildman–Crippen LogP) is 3.51. The number of rotatable bonds is 5. The summed E-state index contributed by atoms with van der Waals surface area (Å²) in [5.41, 5.74) is 2.97. The van der Waals surface area contributed by atoms with Crippen LogP contribution in [0.4, 0.5) is 0 Å². The molecule has 15 heavy (non-hydrogen) atoms. The molecular weight excluding hydrogens is 206 g/mol. The summed E-state index contributed by atoms with van der Waals surface area (Å²) in [5.74, 6) is 0. The maximum atomic E-state index is 2.45. The van der Waals surface area contributed by atoms with Gasteiger partial charge in [-0.05, 0) is 30.6 Å². The summed E-state index contributed by atoms with van der Waals surface area (Å²) < 4.78 is 0. The van der Waals surface area contributed by atoms with E-state index in [1.165, 1.54) is 11.1 Å². The highest BCUT2D eigenvalue weighted by Gasteiger charge is 2.03. The number of aryl methyl sites for hydroxylation is 1. The van der Waals surface area contributed by atoms with Crippen LogP contribution in [0.25, 0.3) is 0 Å². The van der Waals surface area contributed by atoms with E-state index in [9.17, 15) is 0 Å². The highest BCUT2D eigenvalue weighted by molar-refractivity contribution is 5.85. The molecule has 0 unspecified atom stereocenters. The van der Waals surface area contributed by atoms with Gasteiger partial charge in [0.15, 0.2) is 0 Å². The van der Waals surface area contributed by atoms with Gasteiger partial charge in [-0.15, -0.1) is 12.4 Å². The fourth-order valence-corrected chi connectivity index (χ4v) is 1.74. The summed E-state index contributed by atoms with van der Waals surface area (Å²) >= 11 is 0. The van der Waals surface area contributed by atoms with E-state index in [1.54, 1.807) is 0 Å². The lowest BCUT2D eigenvalue weighted by Crippen LogP contribution is -2.22. The van der Waals surface area contributed by atoms with Gasteiger partial charge in [0.1, 0.15) is 0 Å². The Kier molecular flexibility index (Phi) is 7.45. The van der Waals surface area contributed by atoms with Crippen LogP contribution in [0.3, 0.4) is 0 Å². The third-order valence-corrected chi connectivity index (χ3v) is 2.79. The Hall–Kier alpha value is -0.530. The van der Waals surface area contributed by atoms with Crippen LogP contribution in [-0.4, -0.2) is 18.0 Å². The Morgan fingerprint density at radius 2 is 1.47 bits per heavy atom. The van der Waals surface area contributed by atoms with Crippen LogP contribution in [0.15, 0.2) is 24.3 Å². The molecule has 0 bridgehead atoms. The van der Waals surface area contributed by atoms with Gasteiger partial charge in [-0.2, -0.15) is 0 Å². The highest BCUT2D eigenvalue weighted by Crippen LogP contribution is 2.11. The lowest BCUT2D eigenvalue weighted by Gasteiger charge is -2.19. The maximum Gasteiger partial charge on any atom is 0.0236 e. The minimum absolute atomic E-state index is 0. The zero-order valence-electron chi connectivity index (χ0n) is 9.99. The van der Waals surface area contributed by atoms with E-state index in [4.69, 9.17) is 0 Å². The van der Waals surface area contributed by atoms with Crippen LogP contribution in [0.1, 0.15) is 31.9 Å². The van der Waals surface area contributed by atoms with Crippen LogP contribution < -0.4 is 0 Å². The zero-order valence-corrected chi connectivity index (χ0v) is 10.8. The Bertz CT molecular complexity index is 269. The van der Waals surface area contributed by atoms with Gasteiger partial charge in [0, 0.05) is 6.54 Å². The van der Waals surface area contributed by atoms with Crippen molar-refractivity contribution in [2.24, 2.45) is 0 Å². The predicted molar refractivity (Wildman–Crippen MR) is 69.7 cm³/mol. The van der Waals surface area contributed by atoms with Gasteiger partial charge < -0.3 is 0 Å². The summed E-state index contributed by atoms with van der Waals surface area (Å²) in [6.07, 6.45) is 1.14. The standard InChI is InChI=1S/C13H21N.ClH/c1-4-12-9-7-8-10-13(12)11-14(5-2)6-3;/h7-10H,4-6,11H2,1-3H3;1H. The van der Waals surface area contributed by atoms with Crippen LogP contribution in [0.2, 0.25) is 0 Å². The second kappa shape index (κ2) is 7.72. The van der Waals surface area contributed by atoms with Crippen LogP contribution in [-0.2, 0) is 13.0 Å². The molecule has 1 nitrogen and oxygen atoms in total. The van der Waals surface area contributed by atoms with Crippen molar-refractivity contribution in [2.45, 2.75) is 33.7 Å². The number of halogens is 1. The van der Waals surface area contributed by atoms with Crippen molar-refractivity contribution < 1.29 is 0 Å². The van der Waals surface area contributed by atoms with E-state index >= 15 is 0 Å². The lowest BCUT2D eigenvalue weighted by atomic mass is 10.1. The summed E-state index contributed by atoms with van der Waals surface area (Å²) in [6, 6.07) is 8.75. The first-order valence-corrected chi connectivity index (χ1v) is 5.60. The van der Waals surface area contributed by atoms with Crippen molar-refractivity contribution in [1.82, 2.24) is 4.90 Å². The SMILES string of the molecule is CCc1ccccc1CN(CC)CC.Cl. The molecule has 0 radical (unpaired) electrons. The van der Waals surface area contributed by atoms with E-state index in [2.05, 4.69) is 49.9 Å². The Labute approximate surface area is 99.9 Å². The fraction of sp³-hybridized carbons (Fsp3) is 0.538. The molecule has 86 valence electrons. The third-order valence-electron chi connectivity index (χ3n) is 2.79. The topological polar surface area (TPSA) is 3.24 Å². The summed E-state index contributed by atoms with van der Waals surface area (Å²) in [7, 11) is 0. The first-order chi connectivity index (χ1) is 6.81. The molecule has 0 heterocycles. The van der Waals surface area contributed by atoms with Crippen molar-refractivity contribution in [3.63, 3.8) is 0 Å². The molecule has 0 N–H and O–H groups in total. The fourth-order valence-electron chi connectivity index (χ4n) is 1.74. The largest absolute Gasteiger partial charge is 0.300 e.